The fourth-order valence-electron chi connectivity index (χ4n) is 3.04. The Morgan fingerprint density at radius 1 is 1.22 bits per heavy atom. The molecule has 1 aliphatic carbocycles. The molecular formula is C16H17N3O4. The smallest absolute Gasteiger partial charge is 0.334 e. The van der Waals surface area contributed by atoms with Crippen molar-refractivity contribution >= 4 is 23.8 Å². The van der Waals surface area contributed by atoms with Gasteiger partial charge in [-0.05, 0) is 30.4 Å². The Labute approximate surface area is 133 Å². The van der Waals surface area contributed by atoms with Crippen LogP contribution in [-0.4, -0.2) is 47.1 Å². The van der Waals surface area contributed by atoms with Crippen molar-refractivity contribution in [3.8, 4) is 0 Å². The molecule has 5 amide bonds. The number of carbonyl (C=O) groups is 4. The second kappa shape index (κ2) is 5.83. The van der Waals surface area contributed by atoms with Crippen LogP contribution >= 0.6 is 0 Å². The van der Waals surface area contributed by atoms with Crippen LogP contribution in [0.2, 0.25) is 0 Å². The molecule has 0 bridgehead atoms. The molecule has 1 fully saturated rings. The predicted molar refractivity (Wildman–Crippen MR) is 80.1 cm³/mol. The molecule has 0 radical (unpaired) electrons. The summed E-state index contributed by atoms with van der Waals surface area (Å²) in [6.07, 6.45) is 2.75. The maximum absolute atomic E-state index is 12.2. The highest BCUT2D eigenvalue weighted by atomic mass is 16.2. The Bertz CT molecular complexity index is 700. The van der Waals surface area contributed by atoms with Crippen molar-refractivity contribution in [2.75, 3.05) is 13.6 Å². The van der Waals surface area contributed by atoms with Crippen LogP contribution in [-0.2, 0) is 20.8 Å². The van der Waals surface area contributed by atoms with Crippen LogP contribution in [0.25, 0.3) is 0 Å². The average molecular weight is 315 g/mol. The number of hydrogen-bond donors (Lipinski definition) is 1. The molecule has 23 heavy (non-hydrogen) atoms. The van der Waals surface area contributed by atoms with E-state index in [-0.39, 0.29) is 6.04 Å². The van der Waals surface area contributed by atoms with E-state index >= 15 is 0 Å². The minimum absolute atomic E-state index is 0.131. The van der Waals surface area contributed by atoms with Crippen molar-refractivity contribution in [2.24, 2.45) is 0 Å². The first-order valence-electron chi connectivity index (χ1n) is 7.49. The summed E-state index contributed by atoms with van der Waals surface area (Å²) in [6.45, 7) is -0.438. The predicted octanol–water partition coefficient (Wildman–Crippen LogP) is 0.601. The lowest BCUT2D eigenvalue weighted by atomic mass is 9.88. The number of imide groups is 2. The van der Waals surface area contributed by atoms with Gasteiger partial charge in [0.1, 0.15) is 6.54 Å². The number of aryl methyl sites for hydroxylation is 1. The standard InChI is InChI=1S/C16H17N3O4/c1-18-14(21)15(22)19(16(18)23)9-13(20)17-12-8-4-6-10-5-2-3-7-11(10)12/h2-3,5,7,12H,4,6,8-9H2,1H3,(H,17,20)/t12-/m1/s1. The highest BCUT2D eigenvalue weighted by molar-refractivity contribution is 6.44. The number of fused-ring (bicyclic) bond motifs is 1. The molecule has 1 aliphatic heterocycles. The maximum Gasteiger partial charge on any atom is 0.334 e. The van der Waals surface area contributed by atoms with E-state index in [4.69, 9.17) is 0 Å². The van der Waals surface area contributed by atoms with Crippen molar-refractivity contribution in [3.05, 3.63) is 35.4 Å². The van der Waals surface area contributed by atoms with E-state index in [2.05, 4.69) is 5.32 Å². The molecule has 7 heteroatoms. The van der Waals surface area contributed by atoms with Gasteiger partial charge in [0.15, 0.2) is 0 Å². The fraction of sp³-hybridized carbons (Fsp3) is 0.375. The first-order chi connectivity index (χ1) is 11.0. The van der Waals surface area contributed by atoms with Crippen LogP contribution in [0.5, 0.6) is 0 Å². The van der Waals surface area contributed by atoms with Crippen LogP contribution in [0, 0.1) is 0 Å². The van der Waals surface area contributed by atoms with E-state index in [0.717, 1.165) is 24.8 Å². The number of nitrogens with zero attached hydrogens (tertiary/aromatic N) is 2. The Kier molecular flexibility index (Phi) is 3.85. The van der Waals surface area contributed by atoms with Gasteiger partial charge >= 0.3 is 17.8 Å². The molecule has 1 N–H and O–H groups in total. The Hall–Kier alpha value is -2.70. The normalized spacial score (nSPS) is 20.7. The highest BCUT2D eigenvalue weighted by Crippen LogP contribution is 2.29. The molecule has 1 aromatic rings. The largest absolute Gasteiger partial charge is 0.348 e. The van der Waals surface area contributed by atoms with Gasteiger partial charge < -0.3 is 5.32 Å². The van der Waals surface area contributed by atoms with Gasteiger partial charge in [-0.15, -0.1) is 0 Å². The van der Waals surface area contributed by atoms with Crippen molar-refractivity contribution in [2.45, 2.75) is 25.3 Å². The number of likely N-dealkylation sites (N-methyl/N-ethyl adjacent to an activating group) is 1. The lowest BCUT2D eigenvalue weighted by molar-refractivity contribution is -0.143. The lowest BCUT2D eigenvalue weighted by Crippen LogP contribution is -2.42. The molecule has 0 spiro atoms. The number of rotatable bonds is 3. The van der Waals surface area contributed by atoms with Crippen LogP contribution in [0.4, 0.5) is 4.79 Å². The van der Waals surface area contributed by atoms with Crippen molar-refractivity contribution in [1.82, 2.24) is 15.1 Å². The summed E-state index contributed by atoms with van der Waals surface area (Å²) in [5.74, 6) is -2.32. The number of nitrogens with one attached hydrogen (secondary N) is 1. The van der Waals surface area contributed by atoms with Crippen molar-refractivity contribution < 1.29 is 19.2 Å². The van der Waals surface area contributed by atoms with Gasteiger partial charge in [-0.2, -0.15) is 0 Å². The summed E-state index contributed by atoms with van der Waals surface area (Å²) in [5, 5.41) is 2.86. The number of hydrogen-bond acceptors (Lipinski definition) is 4. The van der Waals surface area contributed by atoms with E-state index in [1.54, 1.807) is 0 Å². The summed E-state index contributed by atoms with van der Waals surface area (Å²) < 4.78 is 0. The van der Waals surface area contributed by atoms with Gasteiger partial charge in [0, 0.05) is 7.05 Å². The molecule has 1 atom stereocenters. The SMILES string of the molecule is CN1C(=O)C(=O)N(CC(=O)N[C@@H]2CCCc3ccccc32)C1=O. The van der Waals surface area contributed by atoms with Gasteiger partial charge in [-0.25, -0.2) is 9.69 Å². The molecule has 7 nitrogen and oxygen atoms in total. The van der Waals surface area contributed by atoms with Crippen LogP contribution in [0.1, 0.15) is 30.0 Å². The molecule has 120 valence electrons. The van der Waals surface area contributed by atoms with Gasteiger partial charge in [-0.1, -0.05) is 24.3 Å². The van der Waals surface area contributed by atoms with E-state index in [1.807, 2.05) is 24.3 Å². The van der Waals surface area contributed by atoms with E-state index in [9.17, 15) is 19.2 Å². The minimum atomic E-state index is -0.961. The Morgan fingerprint density at radius 2 is 1.96 bits per heavy atom. The summed E-state index contributed by atoms with van der Waals surface area (Å²) in [4.78, 5) is 48.5. The molecule has 1 aromatic carbocycles. The zero-order valence-electron chi connectivity index (χ0n) is 12.7. The van der Waals surface area contributed by atoms with E-state index in [1.165, 1.54) is 12.6 Å². The van der Waals surface area contributed by atoms with Crippen LogP contribution in [0.15, 0.2) is 24.3 Å². The number of benzene rings is 1. The quantitative estimate of drug-likeness (QED) is 0.654. The maximum atomic E-state index is 12.2. The third-order valence-electron chi connectivity index (χ3n) is 4.26. The molecule has 0 saturated carbocycles. The monoisotopic (exact) mass is 315 g/mol. The van der Waals surface area contributed by atoms with Crippen LogP contribution in [0.3, 0.4) is 0 Å². The lowest BCUT2D eigenvalue weighted by Gasteiger charge is -2.26. The summed E-state index contributed by atoms with van der Waals surface area (Å²) in [7, 11) is 1.22. The van der Waals surface area contributed by atoms with Gasteiger partial charge in [0.05, 0.1) is 6.04 Å². The van der Waals surface area contributed by atoms with Gasteiger partial charge in [0.2, 0.25) is 5.91 Å². The first kappa shape index (κ1) is 15.2. The molecule has 1 saturated heterocycles. The highest BCUT2D eigenvalue weighted by Gasteiger charge is 2.43. The van der Waals surface area contributed by atoms with Gasteiger partial charge in [-0.3, -0.25) is 19.3 Å². The molecule has 0 aromatic heterocycles. The Balaban J connectivity index is 1.68. The summed E-state index contributed by atoms with van der Waals surface area (Å²) >= 11 is 0. The first-order valence-corrected chi connectivity index (χ1v) is 7.49. The summed E-state index contributed by atoms with van der Waals surface area (Å²) in [6, 6.07) is 7.00. The number of amides is 5. The molecule has 3 rings (SSSR count). The summed E-state index contributed by atoms with van der Waals surface area (Å²) in [5.41, 5.74) is 2.27. The second-order valence-electron chi connectivity index (χ2n) is 5.75. The third-order valence-corrected chi connectivity index (χ3v) is 4.26. The molecule has 0 unspecified atom stereocenters. The molecule has 2 aliphatic rings. The fourth-order valence-corrected chi connectivity index (χ4v) is 3.04. The van der Waals surface area contributed by atoms with Crippen molar-refractivity contribution in [1.29, 1.82) is 0 Å². The second-order valence-corrected chi connectivity index (χ2v) is 5.75. The van der Waals surface area contributed by atoms with Crippen LogP contribution < -0.4 is 5.32 Å². The van der Waals surface area contributed by atoms with E-state index < -0.39 is 30.3 Å². The number of urea groups is 1. The van der Waals surface area contributed by atoms with Crippen molar-refractivity contribution in [3.63, 3.8) is 0 Å². The minimum Gasteiger partial charge on any atom is -0.348 e. The number of carbonyl (C=O) groups excluding carboxylic acids is 4. The Morgan fingerprint density at radius 3 is 2.65 bits per heavy atom. The topological polar surface area (TPSA) is 86.8 Å². The zero-order valence-corrected chi connectivity index (χ0v) is 12.7. The molecular weight excluding hydrogens is 298 g/mol. The third kappa shape index (κ3) is 2.69. The van der Waals surface area contributed by atoms with E-state index in [0.29, 0.717) is 9.80 Å². The van der Waals surface area contributed by atoms with Gasteiger partial charge in [0.25, 0.3) is 0 Å². The average Bonchev–Trinajstić information content (AvgIpc) is 2.73. The zero-order chi connectivity index (χ0) is 16.6. The molecule has 1 heterocycles.